The van der Waals surface area contributed by atoms with Crippen LogP contribution in [0.5, 0.6) is 0 Å². The molecule has 0 unspecified atom stereocenters. The highest BCUT2D eigenvalue weighted by Gasteiger charge is 2.50. The van der Waals surface area contributed by atoms with Gasteiger partial charge in [-0.1, -0.05) is 6.42 Å². The quantitative estimate of drug-likeness (QED) is 0.617. The number of nitrogens with zero attached hydrogens (tertiary/aromatic N) is 3. The lowest BCUT2D eigenvalue weighted by molar-refractivity contribution is -0.124. The van der Waals surface area contributed by atoms with E-state index in [1.165, 1.54) is 19.3 Å². The second-order valence-corrected chi connectivity index (χ2v) is 9.15. The van der Waals surface area contributed by atoms with Gasteiger partial charge in [0.1, 0.15) is 0 Å². The third-order valence-corrected chi connectivity index (χ3v) is 7.35. The highest BCUT2D eigenvalue weighted by atomic mass is 16.3. The van der Waals surface area contributed by atoms with Gasteiger partial charge in [0.05, 0.1) is 12.1 Å². The number of aromatic nitrogens is 2. The van der Waals surface area contributed by atoms with E-state index in [-0.39, 0.29) is 36.0 Å². The number of aliphatic hydroxyl groups excluding tert-OH is 1. The number of likely N-dealkylation sites (tertiary alicyclic amines) is 1. The van der Waals surface area contributed by atoms with Gasteiger partial charge in [-0.2, -0.15) is 0 Å². The summed E-state index contributed by atoms with van der Waals surface area (Å²) in [5, 5.41) is 16.6. The summed E-state index contributed by atoms with van der Waals surface area (Å²) >= 11 is 0. The van der Waals surface area contributed by atoms with E-state index in [2.05, 4.69) is 20.5 Å². The van der Waals surface area contributed by atoms with Gasteiger partial charge in [0, 0.05) is 61.7 Å². The fourth-order valence-corrected chi connectivity index (χ4v) is 5.64. The minimum absolute atomic E-state index is 0.0123. The lowest BCUT2D eigenvalue weighted by atomic mass is 9.88. The summed E-state index contributed by atoms with van der Waals surface area (Å²) in [6, 6.07) is 6.94. The third kappa shape index (κ3) is 3.87. The monoisotopic (exact) mass is 437 g/mol. The van der Waals surface area contributed by atoms with E-state index in [1.807, 2.05) is 24.3 Å². The Morgan fingerprint density at radius 1 is 1.16 bits per heavy atom. The van der Waals surface area contributed by atoms with Crippen molar-refractivity contribution in [3.63, 3.8) is 0 Å². The number of hydrogen-bond donors (Lipinski definition) is 3. The molecular formula is C24H31N5O3. The molecule has 0 spiro atoms. The van der Waals surface area contributed by atoms with E-state index in [1.54, 1.807) is 17.0 Å². The first-order chi connectivity index (χ1) is 15.7. The summed E-state index contributed by atoms with van der Waals surface area (Å²) in [7, 11) is 0. The van der Waals surface area contributed by atoms with Crippen molar-refractivity contribution in [2.45, 2.75) is 37.9 Å². The average molecular weight is 438 g/mol. The molecule has 8 heteroatoms. The van der Waals surface area contributed by atoms with Crippen molar-refractivity contribution in [2.75, 3.05) is 32.8 Å². The molecule has 4 atom stereocenters. The number of piperidine rings is 1. The molecule has 2 fully saturated rings. The van der Waals surface area contributed by atoms with Crippen LogP contribution in [0.4, 0.5) is 0 Å². The van der Waals surface area contributed by atoms with Crippen LogP contribution in [0.1, 0.15) is 31.0 Å². The Labute approximate surface area is 187 Å². The van der Waals surface area contributed by atoms with Crippen molar-refractivity contribution in [3.8, 4) is 11.1 Å². The molecule has 8 nitrogen and oxygen atoms in total. The minimum atomic E-state index is -0.444. The first-order valence-electron chi connectivity index (χ1n) is 11.7. The highest BCUT2D eigenvalue weighted by molar-refractivity contribution is 5.82. The van der Waals surface area contributed by atoms with Gasteiger partial charge < -0.3 is 19.9 Å². The van der Waals surface area contributed by atoms with E-state index >= 15 is 0 Å². The zero-order valence-electron chi connectivity index (χ0n) is 18.2. The van der Waals surface area contributed by atoms with E-state index < -0.39 is 6.04 Å². The van der Waals surface area contributed by atoms with Crippen molar-refractivity contribution in [1.29, 1.82) is 0 Å². The number of carbonyl (C=O) groups is 1. The Kier molecular flexibility index (Phi) is 6.08. The molecule has 2 aromatic rings. The molecule has 1 amide bonds. The van der Waals surface area contributed by atoms with Crippen LogP contribution < -0.4 is 16.2 Å². The van der Waals surface area contributed by atoms with Crippen LogP contribution in [0.25, 0.3) is 11.1 Å². The summed E-state index contributed by atoms with van der Waals surface area (Å²) in [6.07, 6.45) is 7.12. The number of rotatable bonds is 6. The number of fused-ring (bicyclic) bond motifs is 3. The fourth-order valence-electron chi connectivity index (χ4n) is 5.64. The lowest BCUT2D eigenvalue weighted by Crippen LogP contribution is -2.48. The van der Waals surface area contributed by atoms with Gasteiger partial charge in [-0.15, -0.1) is 0 Å². The molecule has 0 radical (unpaired) electrons. The maximum absolute atomic E-state index is 13.2. The largest absolute Gasteiger partial charge is 0.396 e. The van der Waals surface area contributed by atoms with Crippen LogP contribution in [-0.2, 0) is 11.3 Å². The smallest absolute Gasteiger partial charge is 0.258 e. The summed E-state index contributed by atoms with van der Waals surface area (Å²) in [5.74, 6) is -0.269. The Hall–Kier alpha value is -2.55. The molecule has 0 saturated carbocycles. The summed E-state index contributed by atoms with van der Waals surface area (Å²) in [5.41, 5.74) is 2.34. The van der Waals surface area contributed by atoms with Crippen LogP contribution in [0.3, 0.4) is 0 Å². The second kappa shape index (κ2) is 9.13. The average Bonchev–Trinajstić information content (AvgIpc) is 3.37. The predicted octanol–water partition coefficient (Wildman–Crippen LogP) is 0.764. The van der Waals surface area contributed by atoms with Crippen molar-refractivity contribution in [3.05, 3.63) is 52.7 Å². The number of carbonyl (C=O) groups excluding carboxylic acids is 1. The summed E-state index contributed by atoms with van der Waals surface area (Å²) < 4.78 is 1.80. The topological polar surface area (TPSA) is 99.5 Å². The summed E-state index contributed by atoms with van der Waals surface area (Å²) in [6.45, 7) is 4.12. The van der Waals surface area contributed by atoms with E-state index in [0.717, 1.165) is 30.9 Å². The van der Waals surface area contributed by atoms with Crippen molar-refractivity contribution >= 4 is 5.91 Å². The van der Waals surface area contributed by atoms with E-state index in [9.17, 15) is 14.7 Å². The molecule has 0 aliphatic carbocycles. The molecule has 3 aliphatic heterocycles. The number of amides is 1. The Balaban J connectivity index is 1.28. The van der Waals surface area contributed by atoms with Gasteiger partial charge in [-0.05, 0) is 55.8 Å². The molecule has 0 bridgehead atoms. The molecule has 2 saturated heterocycles. The molecule has 3 aliphatic rings. The van der Waals surface area contributed by atoms with Gasteiger partial charge in [0.2, 0.25) is 5.91 Å². The molecule has 5 rings (SSSR count). The molecule has 5 heterocycles. The second-order valence-electron chi connectivity index (χ2n) is 9.15. The highest BCUT2D eigenvalue weighted by Crippen LogP contribution is 2.42. The van der Waals surface area contributed by atoms with Crippen LogP contribution in [-0.4, -0.2) is 64.3 Å². The molecule has 32 heavy (non-hydrogen) atoms. The SMILES string of the molecule is O=C(NCCN1CCCCC1)[C@@H]1N[C@@H]2c3ccc(-c4ccncc4)c(=O)n3C[C@@H]2[C@H]1CO. The Morgan fingerprint density at radius 2 is 1.94 bits per heavy atom. The number of aliphatic hydroxyl groups is 1. The van der Waals surface area contributed by atoms with E-state index in [0.29, 0.717) is 18.7 Å². The van der Waals surface area contributed by atoms with Gasteiger partial charge >= 0.3 is 0 Å². The zero-order valence-corrected chi connectivity index (χ0v) is 18.2. The maximum Gasteiger partial charge on any atom is 0.258 e. The van der Waals surface area contributed by atoms with Crippen LogP contribution in [0, 0.1) is 11.8 Å². The van der Waals surface area contributed by atoms with Gasteiger partial charge in [-0.3, -0.25) is 19.9 Å². The predicted molar refractivity (Wildman–Crippen MR) is 121 cm³/mol. The van der Waals surface area contributed by atoms with Crippen molar-refractivity contribution in [1.82, 2.24) is 25.1 Å². The number of pyridine rings is 2. The Bertz CT molecular complexity index is 1020. The number of nitrogens with one attached hydrogen (secondary N) is 2. The lowest BCUT2D eigenvalue weighted by Gasteiger charge is -2.27. The van der Waals surface area contributed by atoms with Crippen LogP contribution >= 0.6 is 0 Å². The fraction of sp³-hybridized carbons (Fsp3) is 0.542. The van der Waals surface area contributed by atoms with Gasteiger partial charge in [0.15, 0.2) is 0 Å². The van der Waals surface area contributed by atoms with Gasteiger partial charge in [0.25, 0.3) is 5.56 Å². The summed E-state index contributed by atoms with van der Waals surface area (Å²) in [4.78, 5) is 32.5. The molecule has 2 aromatic heterocycles. The van der Waals surface area contributed by atoms with Crippen molar-refractivity contribution in [2.24, 2.45) is 11.8 Å². The van der Waals surface area contributed by atoms with Crippen molar-refractivity contribution < 1.29 is 9.90 Å². The molecule has 3 N–H and O–H groups in total. The van der Waals surface area contributed by atoms with Crippen LogP contribution in [0.15, 0.2) is 41.5 Å². The Morgan fingerprint density at radius 3 is 2.69 bits per heavy atom. The first-order valence-corrected chi connectivity index (χ1v) is 11.7. The number of hydrogen-bond acceptors (Lipinski definition) is 6. The molecule has 0 aromatic carbocycles. The molecule has 170 valence electrons. The van der Waals surface area contributed by atoms with Gasteiger partial charge in [-0.25, -0.2) is 0 Å². The van der Waals surface area contributed by atoms with E-state index in [4.69, 9.17) is 0 Å². The maximum atomic E-state index is 13.2. The van der Waals surface area contributed by atoms with Crippen LogP contribution in [0.2, 0.25) is 0 Å². The standard InChI is InChI=1S/C24H31N5O3/c30-15-19-18-14-29-20(5-4-17(24(29)32)16-6-8-25-9-7-16)21(18)27-22(19)23(31)26-10-13-28-11-2-1-3-12-28/h4-9,18-19,21-22,27,30H,1-3,10-15H2,(H,26,31)/t18-,19-,21+,22-/m1/s1. The zero-order chi connectivity index (χ0) is 22.1. The third-order valence-electron chi connectivity index (χ3n) is 7.35. The first kappa shape index (κ1) is 21.3. The normalized spacial score (nSPS) is 27.2. The molecular weight excluding hydrogens is 406 g/mol. The minimum Gasteiger partial charge on any atom is -0.396 e.